The second kappa shape index (κ2) is 5.94. The maximum Gasteiger partial charge on any atom is 0.415 e. The van der Waals surface area contributed by atoms with E-state index in [1.54, 1.807) is 6.92 Å². The fourth-order valence-electron chi connectivity index (χ4n) is 1.67. The summed E-state index contributed by atoms with van der Waals surface area (Å²) in [5.41, 5.74) is 0. The second-order valence-corrected chi connectivity index (χ2v) is 4.48. The number of hydrogen-bond donors (Lipinski definition) is 0. The van der Waals surface area contributed by atoms with Crippen molar-refractivity contribution in [3.63, 3.8) is 0 Å². The van der Waals surface area contributed by atoms with Crippen LogP contribution >= 0.6 is 8.77 Å². The Labute approximate surface area is 85.0 Å². The Morgan fingerprint density at radius 2 is 2.21 bits per heavy atom. The average Bonchev–Trinajstić information content (AvgIpc) is 2.55. The fourth-order valence-corrected chi connectivity index (χ4v) is 2.13. The van der Waals surface area contributed by atoms with Crippen molar-refractivity contribution in [1.29, 1.82) is 0 Å². The topological polar surface area (TPSA) is 18.5 Å². The molecule has 0 aromatic heterocycles. The Morgan fingerprint density at radius 3 is 2.71 bits per heavy atom. The van der Waals surface area contributed by atoms with Crippen molar-refractivity contribution in [2.45, 2.75) is 45.3 Å². The summed E-state index contributed by atoms with van der Waals surface area (Å²) in [6, 6.07) is 0. The molecule has 0 aliphatic carbocycles. The van der Waals surface area contributed by atoms with Gasteiger partial charge < -0.3 is 9.26 Å². The molecule has 0 spiro atoms. The molecule has 0 radical (unpaired) electrons. The van der Waals surface area contributed by atoms with E-state index in [1.165, 1.54) is 0 Å². The van der Waals surface area contributed by atoms with Gasteiger partial charge >= 0.3 is 8.77 Å². The van der Waals surface area contributed by atoms with Crippen LogP contribution in [0, 0.1) is 5.92 Å². The average molecular weight is 226 g/mol. The number of rotatable bonds is 5. The van der Waals surface area contributed by atoms with Crippen LogP contribution in [0.1, 0.15) is 33.1 Å². The minimum atomic E-state index is -3.23. The van der Waals surface area contributed by atoms with Gasteiger partial charge in [0, 0.05) is 6.61 Å². The van der Waals surface area contributed by atoms with Gasteiger partial charge in [0.1, 0.15) is 0 Å². The van der Waals surface area contributed by atoms with Gasteiger partial charge in [-0.1, -0.05) is 6.92 Å². The molecule has 1 aliphatic rings. The highest BCUT2D eigenvalue weighted by Gasteiger charge is 2.24. The van der Waals surface area contributed by atoms with E-state index in [4.69, 9.17) is 4.74 Å². The van der Waals surface area contributed by atoms with E-state index in [-0.39, 0.29) is 18.1 Å². The van der Waals surface area contributed by atoms with Crippen LogP contribution in [-0.4, -0.2) is 18.8 Å². The van der Waals surface area contributed by atoms with Gasteiger partial charge in [-0.2, -0.15) is 8.39 Å². The molecule has 0 aromatic carbocycles. The molecule has 5 heteroatoms. The summed E-state index contributed by atoms with van der Waals surface area (Å²) in [7, 11) is -3.23. The molecule has 3 atom stereocenters. The number of hydrogen-bond acceptors (Lipinski definition) is 2. The first-order valence-electron chi connectivity index (χ1n) is 4.99. The molecular formula is C9H17F2O2P. The first-order chi connectivity index (χ1) is 6.59. The van der Waals surface area contributed by atoms with Gasteiger partial charge in [0.05, 0.1) is 12.2 Å². The standard InChI is InChI=1S/C9H17F2O2P/c1-7(8(2)13-14(10)11)6-9-4-3-5-12-9/h7-9H,3-6H2,1-2H3. The van der Waals surface area contributed by atoms with Gasteiger partial charge in [-0.25, -0.2) is 0 Å². The van der Waals surface area contributed by atoms with Crippen LogP contribution in [0.25, 0.3) is 0 Å². The van der Waals surface area contributed by atoms with Gasteiger partial charge in [0.2, 0.25) is 0 Å². The molecule has 14 heavy (non-hydrogen) atoms. The zero-order chi connectivity index (χ0) is 10.6. The summed E-state index contributed by atoms with van der Waals surface area (Å²) in [6.45, 7) is 4.45. The van der Waals surface area contributed by atoms with Crippen LogP contribution in [0.3, 0.4) is 0 Å². The van der Waals surface area contributed by atoms with Crippen LogP contribution in [0.5, 0.6) is 0 Å². The Balaban J connectivity index is 2.21. The highest BCUT2D eigenvalue weighted by molar-refractivity contribution is 7.40. The van der Waals surface area contributed by atoms with E-state index in [9.17, 15) is 8.39 Å². The van der Waals surface area contributed by atoms with Crippen LogP contribution in [0.4, 0.5) is 8.39 Å². The lowest BCUT2D eigenvalue weighted by molar-refractivity contribution is 0.0648. The molecule has 1 heterocycles. The smallest absolute Gasteiger partial charge is 0.378 e. The van der Waals surface area contributed by atoms with Crippen molar-refractivity contribution >= 4 is 8.77 Å². The molecule has 1 saturated heterocycles. The summed E-state index contributed by atoms with van der Waals surface area (Å²) in [5.74, 6) is 0.134. The van der Waals surface area contributed by atoms with Gasteiger partial charge in [0.15, 0.2) is 0 Å². The summed E-state index contributed by atoms with van der Waals surface area (Å²) in [5, 5.41) is 0. The van der Waals surface area contributed by atoms with Gasteiger partial charge in [0.25, 0.3) is 0 Å². The van der Waals surface area contributed by atoms with Gasteiger partial charge in [-0.05, 0) is 32.1 Å². The summed E-state index contributed by atoms with van der Waals surface area (Å²) < 4.78 is 33.9. The maximum atomic E-state index is 12.0. The van der Waals surface area contributed by atoms with E-state index in [1.807, 2.05) is 6.92 Å². The first-order valence-corrected chi connectivity index (χ1v) is 6.03. The van der Waals surface area contributed by atoms with Crippen molar-refractivity contribution in [1.82, 2.24) is 0 Å². The van der Waals surface area contributed by atoms with E-state index >= 15 is 0 Å². The lowest BCUT2D eigenvalue weighted by atomic mass is 9.97. The van der Waals surface area contributed by atoms with Crippen LogP contribution in [0.2, 0.25) is 0 Å². The zero-order valence-corrected chi connectivity index (χ0v) is 9.47. The lowest BCUT2D eigenvalue weighted by Gasteiger charge is -2.21. The molecule has 3 unspecified atom stereocenters. The van der Waals surface area contributed by atoms with E-state index in [2.05, 4.69) is 4.52 Å². The van der Waals surface area contributed by atoms with E-state index in [0.29, 0.717) is 0 Å². The second-order valence-electron chi connectivity index (χ2n) is 3.86. The van der Waals surface area contributed by atoms with E-state index in [0.717, 1.165) is 25.9 Å². The summed E-state index contributed by atoms with van der Waals surface area (Å²) in [4.78, 5) is 0. The molecule has 0 amide bonds. The SMILES string of the molecule is CC(CC1CCCO1)C(C)OP(F)F. The predicted molar refractivity (Wildman–Crippen MR) is 52.4 cm³/mol. The largest absolute Gasteiger partial charge is 0.415 e. The third-order valence-electron chi connectivity index (χ3n) is 2.71. The van der Waals surface area contributed by atoms with Crippen LogP contribution in [0.15, 0.2) is 0 Å². The van der Waals surface area contributed by atoms with Gasteiger partial charge in [-0.3, -0.25) is 0 Å². The molecule has 0 bridgehead atoms. The molecule has 0 saturated carbocycles. The minimum absolute atomic E-state index is 0.134. The number of ether oxygens (including phenoxy) is 1. The highest BCUT2D eigenvalue weighted by atomic mass is 31.2. The molecule has 1 fully saturated rings. The third kappa shape index (κ3) is 4.16. The zero-order valence-electron chi connectivity index (χ0n) is 8.58. The predicted octanol–water partition coefficient (Wildman–Crippen LogP) is 3.76. The Kier molecular flexibility index (Phi) is 5.21. The molecule has 84 valence electrons. The monoisotopic (exact) mass is 226 g/mol. The number of halogens is 2. The Hall–Kier alpha value is 0.210. The minimum Gasteiger partial charge on any atom is -0.378 e. The van der Waals surface area contributed by atoms with Crippen LogP contribution in [-0.2, 0) is 9.26 Å². The lowest BCUT2D eigenvalue weighted by Crippen LogP contribution is -2.20. The molecule has 1 rings (SSSR count). The Morgan fingerprint density at radius 1 is 1.50 bits per heavy atom. The first kappa shape index (κ1) is 12.3. The highest BCUT2D eigenvalue weighted by Crippen LogP contribution is 2.42. The van der Waals surface area contributed by atoms with E-state index < -0.39 is 8.77 Å². The van der Waals surface area contributed by atoms with Crippen molar-refractivity contribution in [2.24, 2.45) is 5.92 Å². The van der Waals surface area contributed by atoms with Crippen molar-refractivity contribution < 1.29 is 17.7 Å². The van der Waals surface area contributed by atoms with Crippen molar-refractivity contribution in [3.05, 3.63) is 0 Å². The molecule has 0 aromatic rings. The fraction of sp³-hybridized carbons (Fsp3) is 1.00. The third-order valence-corrected chi connectivity index (χ3v) is 3.20. The molecule has 2 nitrogen and oxygen atoms in total. The van der Waals surface area contributed by atoms with Gasteiger partial charge in [-0.15, -0.1) is 0 Å². The van der Waals surface area contributed by atoms with Crippen LogP contribution < -0.4 is 0 Å². The maximum absolute atomic E-state index is 12.0. The molecule has 1 aliphatic heterocycles. The molecular weight excluding hydrogens is 209 g/mol. The Bertz CT molecular complexity index is 163. The summed E-state index contributed by atoms with van der Waals surface area (Å²) >= 11 is 0. The summed E-state index contributed by atoms with van der Waals surface area (Å²) in [6.07, 6.45) is 2.84. The quantitative estimate of drug-likeness (QED) is 0.664. The van der Waals surface area contributed by atoms with Crippen molar-refractivity contribution in [2.75, 3.05) is 6.61 Å². The van der Waals surface area contributed by atoms with Crippen molar-refractivity contribution in [3.8, 4) is 0 Å². The molecule has 0 N–H and O–H groups in total. The normalized spacial score (nSPS) is 26.8.